The fourth-order valence-electron chi connectivity index (χ4n) is 1.18. The van der Waals surface area contributed by atoms with E-state index in [-0.39, 0.29) is 0 Å². The molecule has 0 bridgehead atoms. The van der Waals surface area contributed by atoms with Crippen molar-refractivity contribution in [3.8, 4) is 0 Å². The molecule has 64 valence electrons. The van der Waals surface area contributed by atoms with Crippen LogP contribution < -0.4 is 0 Å². The van der Waals surface area contributed by atoms with E-state index < -0.39 is 0 Å². The maximum absolute atomic E-state index is 5.83. The molecule has 0 fully saturated rings. The highest BCUT2D eigenvalue weighted by atomic mass is 35.5. The molecule has 0 saturated carbocycles. The third-order valence-electron chi connectivity index (χ3n) is 1.80. The molecule has 1 aromatic carbocycles. The number of benzene rings is 1. The Balaban J connectivity index is 2.93. The first-order valence-corrected chi connectivity index (χ1v) is 4.37. The predicted molar refractivity (Wildman–Crippen MR) is 54.7 cm³/mol. The van der Waals surface area contributed by atoms with E-state index in [9.17, 15) is 0 Å². The van der Waals surface area contributed by atoms with E-state index in [4.69, 9.17) is 11.6 Å². The molecule has 0 amide bonds. The first kappa shape index (κ1) is 9.34. The number of aryl methyl sites for hydroxylation is 1. The van der Waals surface area contributed by atoms with Crippen LogP contribution in [0.2, 0.25) is 5.02 Å². The highest BCUT2D eigenvalue weighted by molar-refractivity contribution is 6.30. The van der Waals surface area contributed by atoms with Crippen LogP contribution in [0, 0.1) is 6.92 Å². The SMILES string of the molecule is C=C(C)Cc1ccc(Cl)cc1C. The van der Waals surface area contributed by atoms with Crippen LogP contribution in [-0.2, 0) is 6.42 Å². The van der Waals surface area contributed by atoms with Gasteiger partial charge in [-0.1, -0.05) is 29.8 Å². The Morgan fingerprint density at radius 2 is 2.17 bits per heavy atom. The standard InChI is InChI=1S/C11H13Cl/c1-8(2)6-10-4-5-11(12)7-9(10)3/h4-5,7H,1,6H2,2-3H3. The van der Waals surface area contributed by atoms with Gasteiger partial charge >= 0.3 is 0 Å². The maximum Gasteiger partial charge on any atom is 0.0408 e. The third kappa shape index (κ3) is 2.38. The largest absolute Gasteiger partial charge is 0.0998 e. The number of rotatable bonds is 2. The van der Waals surface area contributed by atoms with E-state index in [0.717, 1.165) is 11.4 Å². The predicted octanol–water partition coefficient (Wildman–Crippen LogP) is 3.77. The quantitative estimate of drug-likeness (QED) is 0.608. The van der Waals surface area contributed by atoms with E-state index in [1.807, 2.05) is 19.1 Å². The van der Waals surface area contributed by atoms with E-state index in [0.29, 0.717) is 0 Å². The highest BCUT2D eigenvalue weighted by Gasteiger charge is 1.98. The second kappa shape index (κ2) is 3.77. The topological polar surface area (TPSA) is 0 Å². The summed E-state index contributed by atoms with van der Waals surface area (Å²) in [5.74, 6) is 0. The summed E-state index contributed by atoms with van der Waals surface area (Å²) in [7, 11) is 0. The third-order valence-corrected chi connectivity index (χ3v) is 2.03. The van der Waals surface area contributed by atoms with Gasteiger partial charge in [-0.25, -0.2) is 0 Å². The van der Waals surface area contributed by atoms with Gasteiger partial charge in [-0.05, 0) is 43.5 Å². The van der Waals surface area contributed by atoms with Crippen LogP contribution in [0.3, 0.4) is 0 Å². The summed E-state index contributed by atoms with van der Waals surface area (Å²) < 4.78 is 0. The molecule has 0 aliphatic heterocycles. The minimum absolute atomic E-state index is 0.804. The summed E-state index contributed by atoms with van der Waals surface area (Å²) in [5.41, 5.74) is 3.73. The molecule has 1 rings (SSSR count). The van der Waals surface area contributed by atoms with Gasteiger partial charge in [0.05, 0.1) is 0 Å². The smallest absolute Gasteiger partial charge is 0.0408 e. The number of allylic oxidation sites excluding steroid dienone is 1. The van der Waals surface area contributed by atoms with Gasteiger partial charge in [0.25, 0.3) is 0 Å². The Hall–Kier alpha value is -0.750. The molecule has 1 aromatic rings. The summed E-state index contributed by atoms with van der Waals surface area (Å²) in [6.07, 6.45) is 0.947. The van der Waals surface area contributed by atoms with E-state index in [1.54, 1.807) is 0 Å². The summed E-state index contributed by atoms with van der Waals surface area (Å²) in [6.45, 7) is 7.99. The van der Waals surface area contributed by atoms with Crippen molar-refractivity contribution in [1.82, 2.24) is 0 Å². The van der Waals surface area contributed by atoms with Gasteiger partial charge < -0.3 is 0 Å². The number of halogens is 1. The van der Waals surface area contributed by atoms with Crippen LogP contribution >= 0.6 is 11.6 Å². The molecule has 0 saturated heterocycles. The first-order valence-electron chi connectivity index (χ1n) is 3.99. The Bertz CT molecular complexity index is 300. The summed E-state index contributed by atoms with van der Waals surface area (Å²) >= 11 is 5.83. The van der Waals surface area contributed by atoms with Gasteiger partial charge in [-0.3, -0.25) is 0 Å². The Morgan fingerprint density at radius 1 is 1.50 bits per heavy atom. The van der Waals surface area contributed by atoms with Crippen LogP contribution in [0.15, 0.2) is 30.4 Å². The number of hydrogen-bond acceptors (Lipinski definition) is 0. The lowest BCUT2D eigenvalue weighted by molar-refractivity contribution is 1.13. The second-order valence-corrected chi connectivity index (χ2v) is 3.64. The lowest BCUT2D eigenvalue weighted by Gasteiger charge is -2.04. The molecule has 0 atom stereocenters. The normalized spacial score (nSPS) is 9.92. The lowest BCUT2D eigenvalue weighted by atomic mass is 10.0. The van der Waals surface area contributed by atoms with Crippen molar-refractivity contribution in [2.24, 2.45) is 0 Å². The zero-order chi connectivity index (χ0) is 9.14. The molecule has 0 aromatic heterocycles. The average Bonchev–Trinajstić information content (AvgIpc) is 1.94. The van der Waals surface area contributed by atoms with Gasteiger partial charge in [0.1, 0.15) is 0 Å². The molecule has 0 aliphatic carbocycles. The Morgan fingerprint density at radius 3 is 2.67 bits per heavy atom. The van der Waals surface area contributed by atoms with Crippen molar-refractivity contribution >= 4 is 11.6 Å². The molecule has 0 N–H and O–H groups in total. The van der Waals surface area contributed by atoms with Gasteiger partial charge in [-0.2, -0.15) is 0 Å². The van der Waals surface area contributed by atoms with Gasteiger partial charge in [0, 0.05) is 5.02 Å². The zero-order valence-electron chi connectivity index (χ0n) is 7.52. The minimum atomic E-state index is 0.804. The molecule has 12 heavy (non-hydrogen) atoms. The molecule has 0 unspecified atom stereocenters. The molecule has 1 heteroatoms. The van der Waals surface area contributed by atoms with E-state index in [2.05, 4.69) is 19.6 Å². The Kier molecular flexibility index (Phi) is 2.93. The van der Waals surface area contributed by atoms with Crippen molar-refractivity contribution in [2.45, 2.75) is 20.3 Å². The number of hydrogen-bond donors (Lipinski definition) is 0. The highest BCUT2D eigenvalue weighted by Crippen LogP contribution is 2.17. The van der Waals surface area contributed by atoms with Crippen LogP contribution in [0.4, 0.5) is 0 Å². The Labute approximate surface area is 78.9 Å². The van der Waals surface area contributed by atoms with Crippen molar-refractivity contribution in [1.29, 1.82) is 0 Å². The van der Waals surface area contributed by atoms with Crippen molar-refractivity contribution in [2.75, 3.05) is 0 Å². The van der Waals surface area contributed by atoms with E-state index >= 15 is 0 Å². The second-order valence-electron chi connectivity index (χ2n) is 3.20. The van der Waals surface area contributed by atoms with Crippen LogP contribution in [0.1, 0.15) is 18.1 Å². The summed E-state index contributed by atoms with van der Waals surface area (Å²) in [5, 5.41) is 0.804. The molecular formula is C11H13Cl. The lowest BCUT2D eigenvalue weighted by Crippen LogP contribution is -1.89. The van der Waals surface area contributed by atoms with E-state index in [1.165, 1.54) is 16.7 Å². The molecule has 0 nitrogen and oxygen atoms in total. The fourth-order valence-corrected chi connectivity index (χ4v) is 1.41. The first-order chi connectivity index (χ1) is 5.59. The van der Waals surface area contributed by atoms with Crippen molar-refractivity contribution in [3.05, 3.63) is 46.5 Å². The molecule has 0 heterocycles. The monoisotopic (exact) mass is 180 g/mol. The van der Waals surface area contributed by atoms with Gasteiger partial charge in [-0.15, -0.1) is 0 Å². The van der Waals surface area contributed by atoms with Gasteiger partial charge in [0.2, 0.25) is 0 Å². The summed E-state index contributed by atoms with van der Waals surface area (Å²) in [6, 6.07) is 5.97. The molecule has 0 aliphatic rings. The molecule has 0 radical (unpaired) electrons. The van der Waals surface area contributed by atoms with Gasteiger partial charge in [0.15, 0.2) is 0 Å². The van der Waals surface area contributed by atoms with Crippen molar-refractivity contribution < 1.29 is 0 Å². The zero-order valence-corrected chi connectivity index (χ0v) is 8.28. The maximum atomic E-state index is 5.83. The van der Waals surface area contributed by atoms with Crippen molar-refractivity contribution in [3.63, 3.8) is 0 Å². The van der Waals surface area contributed by atoms with Crippen LogP contribution in [0.5, 0.6) is 0 Å². The van der Waals surface area contributed by atoms with Crippen LogP contribution in [0.25, 0.3) is 0 Å². The average molecular weight is 181 g/mol. The molecule has 0 spiro atoms. The molecular weight excluding hydrogens is 168 g/mol. The fraction of sp³-hybridized carbons (Fsp3) is 0.273. The van der Waals surface area contributed by atoms with Crippen LogP contribution in [-0.4, -0.2) is 0 Å². The minimum Gasteiger partial charge on any atom is -0.0998 e. The summed E-state index contributed by atoms with van der Waals surface area (Å²) in [4.78, 5) is 0.